The molecule has 1 fully saturated rings. The number of halogens is 1. The van der Waals surface area contributed by atoms with Crippen molar-refractivity contribution in [3.8, 4) is 0 Å². The van der Waals surface area contributed by atoms with Crippen LogP contribution in [0.25, 0.3) is 0 Å². The van der Waals surface area contributed by atoms with Crippen LogP contribution in [0.3, 0.4) is 0 Å². The second-order valence-electron chi connectivity index (χ2n) is 6.77. The Morgan fingerprint density at radius 3 is 2.33 bits per heavy atom. The quantitative estimate of drug-likeness (QED) is 0.842. The van der Waals surface area contributed by atoms with Crippen molar-refractivity contribution in [1.29, 1.82) is 0 Å². The second kappa shape index (κ2) is 7.49. The molecule has 0 amide bonds. The lowest BCUT2D eigenvalue weighted by atomic mass is 10.2. The highest BCUT2D eigenvalue weighted by Crippen LogP contribution is 2.19. The lowest BCUT2D eigenvalue weighted by Crippen LogP contribution is -2.46. The van der Waals surface area contributed by atoms with Gasteiger partial charge in [0.1, 0.15) is 11.6 Å². The third-order valence-corrected chi connectivity index (χ3v) is 4.64. The first-order valence-electron chi connectivity index (χ1n) is 8.58. The summed E-state index contributed by atoms with van der Waals surface area (Å²) in [6, 6.07) is 10.2. The van der Waals surface area contributed by atoms with Crippen molar-refractivity contribution in [2.75, 3.05) is 31.1 Å². The topological polar surface area (TPSA) is 32.3 Å². The molecule has 2 heterocycles. The van der Waals surface area contributed by atoms with E-state index in [1.165, 1.54) is 5.56 Å². The smallest absolute Gasteiger partial charge is 0.133 e. The summed E-state index contributed by atoms with van der Waals surface area (Å²) < 4.78 is 0. The predicted octanol–water partition coefficient (Wildman–Crippen LogP) is 3.88. The molecule has 0 saturated carbocycles. The van der Waals surface area contributed by atoms with Gasteiger partial charge in [0.05, 0.1) is 0 Å². The van der Waals surface area contributed by atoms with Crippen LogP contribution in [0.5, 0.6) is 0 Å². The molecule has 1 aromatic heterocycles. The van der Waals surface area contributed by atoms with Crippen molar-refractivity contribution >= 4 is 17.4 Å². The van der Waals surface area contributed by atoms with Crippen LogP contribution >= 0.6 is 11.6 Å². The lowest BCUT2D eigenvalue weighted by Gasteiger charge is -2.35. The Hall–Kier alpha value is -1.65. The summed E-state index contributed by atoms with van der Waals surface area (Å²) >= 11 is 5.96. The van der Waals surface area contributed by atoms with E-state index < -0.39 is 0 Å². The highest BCUT2D eigenvalue weighted by Gasteiger charge is 2.19. The minimum atomic E-state index is 0.356. The van der Waals surface area contributed by atoms with E-state index in [9.17, 15) is 0 Å². The molecule has 1 aliphatic heterocycles. The molecular weight excluding hydrogens is 320 g/mol. The second-order valence-corrected chi connectivity index (χ2v) is 7.21. The third kappa shape index (κ3) is 4.25. The number of benzene rings is 1. The molecule has 3 rings (SSSR count). The number of anilines is 1. The molecule has 0 bridgehead atoms. The molecule has 4 nitrogen and oxygen atoms in total. The van der Waals surface area contributed by atoms with Gasteiger partial charge in [-0.1, -0.05) is 37.6 Å². The van der Waals surface area contributed by atoms with Crippen LogP contribution < -0.4 is 4.90 Å². The van der Waals surface area contributed by atoms with Crippen molar-refractivity contribution in [2.24, 2.45) is 0 Å². The molecule has 0 spiro atoms. The van der Waals surface area contributed by atoms with Gasteiger partial charge in [-0.05, 0) is 24.6 Å². The van der Waals surface area contributed by atoms with Crippen LogP contribution in [0.1, 0.15) is 36.8 Å². The minimum absolute atomic E-state index is 0.356. The fourth-order valence-corrected chi connectivity index (χ4v) is 3.10. The minimum Gasteiger partial charge on any atom is -0.354 e. The summed E-state index contributed by atoms with van der Waals surface area (Å²) in [6.07, 6.45) is 0. The fraction of sp³-hybridized carbons (Fsp3) is 0.474. The van der Waals surface area contributed by atoms with Gasteiger partial charge in [-0.2, -0.15) is 0 Å². The Morgan fingerprint density at radius 2 is 1.71 bits per heavy atom. The van der Waals surface area contributed by atoms with Gasteiger partial charge < -0.3 is 4.90 Å². The zero-order valence-electron chi connectivity index (χ0n) is 14.7. The molecule has 5 heteroatoms. The van der Waals surface area contributed by atoms with Crippen LogP contribution in [0, 0.1) is 6.92 Å². The normalized spacial score (nSPS) is 16.0. The average Bonchev–Trinajstić information content (AvgIpc) is 2.57. The van der Waals surface area contributed by atoms with Crippen molar-refractivity contribution < 1.29 is 0 Å². The van der Waals surface area contributed by atoms with E-state index in [1.807, 2.05) is 19.1 Å². The Morgan fingerprint density at radius 1 is 1.04 bits per heavy atom. The number of piperazine rings is 1. The maximum Gasteiger partial charge on any atom is 0.133 e. The number of nitrogens with zero attached hydrogens (tertiary/aromatic N) is 4. The first-order chi connectivity index (χ1) is 11.5. The molecule has 0 aliphatic carbocycles. The summed E-state index contributed by atoms with van der Waals surface area (Å²) in [6.45, 7) is 11.4. The number of aromatic nitrogens is 2. The lowest BCUT2D eigenvalue weighted by molar-refractivity contribution is 0.249. The highest BCUT2D eigenvalue weighted by atomic mass is 35.5. The zero-order chi connectivity index (χ0) is 17.1. The van der Waals surface area contributed by atoms with Gasteiger partial charge in [-0.25, -0.2) is 9.97 Å². The van der Waals surface area contributed by atoms with Crippen LogP contribution in [-0.4, -0.2) is 41.0 Å². The van der Waals surface area contributed by atoms with Gasteiger partial charge in [-0.3, -0.25) is 4.90 Å². The van der Waals surface area contributed by atoms with Crippen LogP contribution in [0.4, 0.5) is 5.82 Å². The molecule has 1 aromatic carbocycles. The predicted molar refractivity (Wildman–Crippen MR) is 99.8 cm³/mol. The first kappa shape index (κ1) is 17.2. The Bertz CT molecular complexity index is 676. The Labute approximate surface area is 149 Å². The SMILES string of the molecule is Cc1cc(N2CCN(Cc3ccc(Cl)cc3)CC2)nc(C(C)C)n1. The fourth-order valence-electron chi connectivity index (χ4n) is 2.98. The molecule has 1 saturated heterocycles. The maximum absolute atomic E-state index is 5.96. The van der Waals surface area contributed by atoms with E-state index in [-0.39, 0.29) is 0 Å². The monoisotopic (exact) mass is 344 g/mol. The number of hydrogen-bond acceptors (Lipinski definition) is 4. The third-order valence-electron chi connectivity index (χ3n) is 4.39. The van der Waals surface area contributed by atoms with E-state index in [0.717, 1.165) is 55.1 Å². The first-order valence-corrected chi connectivity index (χ1v) is 8.96. The van der Waals surface area contributed by atoms with Gasteiger partial charge in [0, 0.05) is 55.4 Å². The van der Waals surface area contributed by atoms with Crippen LogP contribution in [0.15, 0.2) is 30.3 Å². The van der Waals surface area contributed by atoms with Gasteiger partial charge in [0.2, 0.25) is 0 Å². The molecular formula is C19H25ClN4. The largest absolute Gasteiger partial charge is 0.354 e. The number of rotatable bonds is 4. The van der Waals surface area contributed by atoms with Gasteiger partial charge in [-0.15, -0.1) is 0 Å². The summed E-state index contributed by atoms with van der Waals surface area (Å²) in [5, 5.41) is 0.795. The Balaban J connectivity index is 1.61. The molecule has 0 atom stereocenters. The summed E-state index contributed by atoms with van der Waals surface area (Å²) in [4.78, 5) is 14.2. The Kier molecular flexibility index (Phi) is 5.36. The van der Waals surface area contributed by atoms with Crippen LogP contribution in [0.2, 0.25) is 5.02 Å². The average molecular weight is 345 g/mol. The van der Waals surface area contributed by atoms with Gasteiger partial charge >= 0.3 is 0 Å². The van der Waals surface area contributed by atoms with Crippen molar-refractivity contribution in [2.45, 2.75) is 33.2 Å². The molecule has 0 unspecified atom stereocenters. The molecule has 128 valence electrons. The molecule has 2 aromatic rings. The summed E-state index contributed by atoms with van der Waals surface area (Å²) in [5.41, 5.74) is 2.36. The van der Waals surface area contributed by atoms with Gasteiger partial charge in [0.25, 0.3) is 0 Å². The zero-order valence-corrected chi connectivity index (χ0v) is 15.4. The van der Waals surface area contributed by atoms with E-state index >= 15 is 0 Å². The summed E-state index contributed by atoms with van der Waals surface area (Å²) in [5.74, 6) is 2.36. The number of hydrogen-bond donors (Lipinski definition) is 0. The van der Waals surface area contributed by atoms with E-state index in [2.05, 4.69) is 46.8 Å². The molecule has 1 aliphatic rings. The van der Waals surface area contributed by atoms with E-state index in [0.29, 0.717) is 5.92 Å². The molecule has 0 N–H and O–H groups in total. The van der Waals surface area contributed by atoms with E-state index in [1.54, 1.807) is 0 Å². The highest BCUT2D eigenvalue weighted by molar-refractivity contribution is 6.30. The number of aryl methyl sites for hydroxylation is 1. The van der Waals surface area contributed by atoms with Gasteiger partial charge in [0.15, 0.2) is 0 Å². The molecule has 0 radical (unpaired) electrons. The van der Waals surface area contributed by atoms with Crippen molar-refractivity contribution in [1.82, 2.24) is 14.9 Å². The van der Waals surface area contributed by atoms with Crippen LogP contribution in [-0.2, 0) is 6.54 Å². The van der Waals surface area contributed by atoms with E-state index in [4.69, 9.17) is 16.6 Å². The van der Waals surface area contributed by atoms with Crippen molar-refractivity contribution in [3.05, 3.63) is 52.4 Å². The standard InChI is InChI=1S/C19H25ClN4/c1-14(2)19-21-15(3)12-18(22-19)24-10-8-23(9-11-24)13-16-4-6-17(20)7-5-16/h4-7,12,14H,8-11,13H2,1-3H3. The summed E-state index contributed by atoms with van der Waals surface area (Å²) in [7, 11) is 0. The maximum atomic E-state index is 5.96. The van der Waals surface area contributed by atoms with Crippen molar-refractivity contribution in [3.63, 3.8) is 0 Å². The molecule has 24 heavy (non-hydrogen) atoms.